The van der Waals surface area contributed by atoms with Crippen LogP contribution in [-0.4, -0.2) is 5.97 Å². The first-order chi connectivity index (χ1) is 6.37. The molecule has 0 amide bonds. The van der Waals surface area contributed by atoms with Crippen molar-refractivity contribution >= 4 is 11.7 Å². The quantitative estimate of drug-likeness (QED) is 0.341. The summed E-state index contributed by atoms with van der Waals surface area (Å²) >= 11 is 0. The number of benzene rings is 1. The van der Waals surface area contributed by atoms with Crippen molar-refractivity contribution in [3.8, 4) is 0 Å². The van der Waals surface area contributed by atoms with Crippen molar-refractivity contribution in [1.82, 2.24) is 0 Å². The minimum Gasteiger partial charge on any atom is -0.545 e. The number of aromatic carboxylic acids is 1. The SMILES string of the molecule is Nc1c(F)c(F)c(C(=O)[O-])c(F)c1F.[Cs+]. The number of nitrogen functional groups attached to an aromatic ring is 1. The van der Waals surface area contributed by atoms with Crippen LogP contribution in [0.5, 0.6) is 0 Å². The average Bonchev–Trinajstić information content (AvgIpc) is 2.11. The molecule has 3 nitrogen and oxygen atoms in total. The minimum absolute atomic E-state index is 0. The molecule has 1 rings (SSSR count). The summed E-state index contributed by atoms with van der Waals surface area (Å²) in [5.74, 6) is -10.4. The number of carbonyl (C=O) groups excluding carboxylic acids is 1. The molecule has 1 aromatic carbocycles. The van der Waals surface area contributed by atoms with Crippen molar-refractivity contribution in [1.29, 1.82) is 0 Å². The fourth-order valence-electron chi connectivity index (χ4n) is 0.828. The fourth-order valence-corrected chi connectivity index (χ4v) is 0.828. The number of carboxylic acid groups (broad SMARTS) is 1. The summed E-state index contributed by atoms with van der Waals surface area (Å²) in [5, 5.41) is 10.1. The van der Waals surface area contributed by atoms with Crippen LogP contribution in [0.2, 0.25) is 0 Å². The molecule has 15 heavy (non-hydrogen) atoms. The van der Waals surface area contributed by atoms with E-state index in [2.05, 4.69) is 5.73 Å². The van der Waals surface area contributed by atoms with Crippen LogP contribution in [0.25, 0.3) is 0 Å². The summed E-state index contributed by atoms with van der Waals surface area (Å²) in [7, 11) is 0. The summed E-state index contributed by atoms with van der Waals surface area (Å²) < 4.78 is 50.5. The Hall–Kier alpha value is 0.262. The van der Waals surface area contributed by atoms with Gasteiger partial charge in [-0.25, -0.2) is 17.6 Å². The Kier molecular flexibility index (Phi) is 5.65. The van der Waals surface area contributed by atoms with Crippen molar-refractivity contribution in [2.24, 2.45) is 0 Å². The number of nitrogens with two attached hydrogens (primary N) is 1. The first kappa shape index (κ1) is 15.3. The van der Waals surface area contributed by atoms with Gasteiger partial charge >= 0.3 is 68.9 Å². The van der Waals surface area contributed by atoms with Gasteiger partial charge in [0.2, 0.25) is 0 Å². The van der Waals surface area contributed by atoms with Crippen LogP contribution < -0.4 is 79.7 Å². The summed E-state index contributed by atoms with van der Waals surface area (Å²) in [6.45, 7) is 0. The number of hydrogen-bond acceptors (Lipinski definition) is 3. The second-order valence-electron chi connectivity index (χ2n) is 2.33. The van der Waals surface area contributed by atoms with Crippen molar-refractivity contribution in [3.63, 3.8) is 0 Å². The zero-order chi connectivity index (χ0) is 11.0. The van der Waals surface area contributed by atoms with Gasteiger partial charge in [-0.3, -0.25) is 0 Å². The maximum atomic E-state index is 12.7. The number of rotatable bonds is 1. The van der Waals surface area contributed by atoms with Crippen LogP contribution in [0, 0.1) is 23.3 Å². The van der Waals surface area contributed by atoms with E-state index in [0.717, 1.165) is 0 Å². The van der Waals surface area contributed by atoms with Crippen LogP contribution in [0.15, 0.2) is 0 Å². The zero-order valence-electron chi connectivity index (χ0n) is 7.41. The Balaban J connectivity index is 0.00000196. The van der Waals surface area contributed by atoms with Gasteiger partial charge in [-0.2, -0.15) is 0 Å². The van der Waals surface area contributed by atoms with Crippen molar-refractivity contribution in [2.75, 3.05) is 5.73 Å². The minimum atomic E-state index is -2.36. The molecule has 0 unspecified atom stereocenters. The molecule has 0 aliphatic carbocycles. The van der Waals surface area contributed by atoms with Gasteiger partial charge in [0.15, 0.2) is 23.3 Å². The first-order valence-electron chi connectivity index (χ1n) is 3.20. The maximum absolute atomic E-state index is 12.7. The van der Waals surface area contributed by atoms with E-state index in [1.807, 2.05) is 0 Å². The molecular formula is C7H2CsF4NO2. The number of carbonyl (C=O) groups is 1. The summed E-state index contributed by atoms with van der Waals surface area (Å²) in [5.41, 5.74) is 1.39. The predicted molar refractivity (Wildman–Crippen MR) is 35.0 cm³/mol. The Morgan fingerprint density at radius 1 is 1.00 bits per heavy atom. The molecule has 2 N–H and O–H groups in total. The van der Waals surface area contributed by atoms with E-state index < -0.39 is 40.5 Å². The van der Waals surface area contributed by atoms with E-state index >= 15 is 0 Å². The molecule has 0 fully saturated rings. The molecule has 0 heterocycles. The zero-order valence-corrected chi connectivity index (χ0v) is 13.7. The van der Waals surface area contributed by atoms with Gasteiger partial charge in [0.05, 0.1) is 11.5 Å². The third kappa shape index (κ3) is 2.68. The number of hydrogen-bond donors (Lipinski definition) is 1. The molecule has 0 spiro atoms. The molecule has 0 radical (unpaired) electrons. The number of halogens is 4. The molecule has 0 saturated heterocycles. The van der Waals surface area contributed by atoms with Crippen LogP contribution in [0.1, 0.15) is 10.4 Å². The molecular weight excluding hydrogens is 339 g/mol. The first-order valence-corrected chi connectivity index (χ1v) is 3.20. The van der Waals surface area contributed by atoms with Crippen LogP contribution in [0.3, 0.4) is 0 Å². The van der Waals surface area contributed by atoms with Gasteiger partial charge in [-0.1, -0.05) is 0 Å². The van der Waals surface area contributed by atoms with E-state index in [9.17, 15) is 27.5 Å². The molecule has 0 aliphatic heterocycles. The standard InChI is InChI=1S/C7H3F4NO2.Cs/c8-2-1(7(13)14)3(9)5(11)6(12)4(2)10;/h12H2,(H,13,14);/q;+1/p-1. The Labute approximate surface area is 140 Å². The van der Waals surface area contributed by atoms with E-state index in [-0.39, 0.29) is 68.9 Å². The topological polar surface area (TPSA) is 66.2 Å². The molecule has 0 aromatic heterocycles. The van der Waals surface area contributed by atoms with E-state index in [4.69, 9.17) is 0 Å². The third-order valence-electron chi connectivity index (χ3n) is 1.50. The third-order valence-corrected chi connectivity index (χ3v) is 1.50. The van der Waals surface area contributed by atoms with E-state index in [1.165, 1.54) is 0 Å². The second-order valence-corrected chi connectivity index (χ2v) is 2.33. The summed E-state index contributed by atoms with van der Waals surface area (Å²) in [4.78, 5) is 10.1. The van der Waals surface area contributed by atoms with E-state index in [1.54, 1.807) is 0 Å². The number of carboxylic acids is 1. The largest absolute Gasteiger partial charge is 1.00 e. The Morgan fingerprint density at radius 3 is 1.60 bits per heavy atom. The predicted octanol–water partition coefficient (Wildman–Crippen LogP) is -2.81. The molecule has 1 aromatic rings. The smallest absolute Gasteiger partial charge is 0.545 e. The van der Waals surface area contributed by atoms with Crippen molar-refractivity contribution in [2.45, 2.75) is 0 Å². The van der Waals surface area contributed by atoms with Crippen LogP contribution >= 0.6 is 0 Å². The van der Waals surface area contributed by atoms with Crippen molar-refractivity contribution in [3.05, 3.63) is 28.8 Å². The molecule has 8 heteroatoms. The molecule has 0 atom stereocenters. The summed E-state index contributed by atoms with van der Waals surface area (Å²) in [6, 6.07) is 0. The second kappa shape index (κ2) is 5.55. The van der Waals surface area contributed by atoms with Gasteiger partial charge < -0.3 is 15.6 Å². The molecule has 0 saturated carbocycles. The van der Waals surface area contributed by atoms with Gasteiger partial charge in [-0.15, -0.1) is 0 Å². The van der Waals surface area contributed by atoms with Gasteiger partial charge in [0, 0.05) is 0 Å². The van der Waals surface area contributed by atoms with E-state index in [0.29, 0.717) is 0 Å². The molecule has 76 valence electrons. The fraction of sp³-hybridized carbons (Fsp3) is 0. The van der Waals surface area contributed by atoms with Gasteiger partial charge in [0.1, 0.15) is 5.69 Å². The van der Waals surface area contributed by atoms with Gasteiger partial charge in [0.25, 0.3) is 0 Å². The maximum Gasteiger partial charge on any atom is 1.00 e. The van der Waals surface area contributed by atoms with Crippen LogP contribution in [0.4, 0.5) is 23.2 Å². The van der Waals surface area contributed by atoms with Gasteiger partial charge in [-0.05, 0) is 0 Å². The summed E-state index contributed by atoms with van der Waals surface area (Å²) in [6.07, 6.45) is 0. The van der Waals surface area contributed by atoms with Crippen molar-refractivity contribution < 1.29 is 96.4 Å². The molecule has 0 aliphatic rings. The van der Waals surface area contributed by atoms with Crippen LogP contribution in [-0.2, 0) is 0 Å². The Morgan fingerprint density at radius 2 is 1.33 bits per heavy atom. The monoisotopic (exact) mass is 341 g/mol. The number of anilines is 1. The Bertz CT molecular complexity index is 395. The average molecular weight is 341 g/mol. The normalized spacial score (nSPS) is 9.60. The molecule has 0 bridgehead atoms.